The zero-order chi connectivity index (χ0) is 10.9. The van der Waals surface area contributed by atoms with Crippen LogP contribution in [0.25, 0.3) is 0 Å². The fourth-order valence-corrected chi connectivity index (χ4v) is 1.73. The highest BCUT2D eigenvalue weighted by atomic mass is 32.2. The molecular weight excluding hydrogens is 216 g/mol. The van der Waals surface area contributed by atoms with Crippen LogP contribution in [0.1, 0.15) is 13.3 Å². The minimum atomic E-state index is 0.0466. The van der Waals surface area contributed by atoms with Crippen molar-refractivity contribution in [3.05, 3.63) is 0 Å². The van der Waals surface area contributed by atoms with Gasteiger partial charge >= 0.3 is 0 Å². The molecule has 0 atom stereocenters. The average molecular weight is 232 g/mol. The van der Waals surface area contributed by atoms with Crippen molar-refractivity contribution in [3.8, 4) is 0 Å². The molecule has 0 aliphatic rings. The van der Waals surface area contributed by atoms with Crippen molar-refractivity contribution >= 4 is 11.8 Å². The van der Waals surface area contributed by atoms with Crippen LogP contribution in [-0.4, -0.2) is 50.9 Å². The molecule has 86 valence electrons. The van der Waals surface area contributed by atoms with Crippen LogP contribution in [0.15, 0.2) is 5.16 Å². The Morgan fingerprint density at radius 2 is 2.33 bits per heavy atom. The molecular formula is C8H16N4O2S. The first kappa shape index (κ1) is 12.4. The van der Waals surface area contributed by atoms with E-state index in [1.54, 1.807) is 4.68 Å². The van der Waals surface area contributed by atoms with E-state index >= 15 is 0 Å². The molecule has 15 heavy (non-hydrogen) atoms. The predicted molar refractivity (Wildman–Crippen MR) is 56.7 cm³/mol. The number of hydrogen-bond acceptors (Lipinski definition) is 6. The highest BCUT2D eigenvalue weighted by molar-refractivity contribution is 7.99. The number of nitrogens with zero attached hydrogens (tertiary/aromatic N) is 4. The Morgan fingerprint density at radius 3 is 3.07 bits per heavy atom. The topological polar surface area (TPSA) is 73.1 Å². The van der Waals surface area contributed by atoms with Crippen LogP contribution in [0.2, 0.25) is 0 Å². The second kappa shape index (κ2) is 7.61. The zero-order valence-electron chi connectivity index (χ0n) is 8.80. The molecule has 7 heteroatoms. The maximum Gasteiger partial charge on any atom is 0.209 e. The van der Waals surface area contributed by atoms with Gasteiger partial charge in [0.15, 0.2) is 0 Å². The van der Waals surface area contributed by atoms with Gasteiger partial charge in [-0.1, -0.05) is 18.7 Å². The molecule has 1 aromatic rings. The molecule has 1 rings (SSSR count). The van der Waals surface area contributed by atoms with Gasteiger partial charge in [0.05, 0.1) is 19.8 Å². The van der Waals surface area contributed by atoms with Crippen LogP contribution < -0.4 is 0 Å². The van der Waals surface area contributed by atoms with E-state index in [4.69, 9.17) is 9.84 Å². The molecule has 0 saturated carbocycles. The van der Waals surface area contributed by atoms with Crippen LogP contribution in [0.3, 0.4) is 0 Å². The Balaban J connectivity index is 2.21. The summed E-state index contributed by atoms with van der Waals surface area (Å²) in [7, 11) is 0. The van der Waals surface area contributed by atoms with Crippen molar-refractivity contribution in [2.75, 3.05) is 25.6 Å². The first-order chi connectivity index (χ1) is 7.38. The minimum absolute atomic E-state index is 0.0466. The maximum absolute atomic E-state index is 8.75. The van der Waals surface area contributed by atoms with E-state index in [1.165, 1.54) is 11.8 Å². The smallest absolute Gasteiger partial charge is 0.209 e. The first-order valence-electron chi connectivity index (χ1n) is 4.96. The monoisotopic (exact) mass is 232 g/mol. The molecule has 1 heterocycles. The van der Waals surface area contributed by atoms with E-state index in [0.717, 1.165) is 23.9 Å². The molecule has 0 bridgehead atoms. The number of aromatic nitrogens is 4. The number of hydrogen-bond donors (Lipinski definition) is 1. The van der Waals surface area contributed by atoms with Gasteiger partial charge in [0.2, 0.25) is 5.16 Å². The lowest BCUT2D eigenvalue weighted by molar-refractivity contribution is 0.150. The highest BCUT2D eigenvalue weighted by Gasteiger charge is 2.05. The zero-order valence-corrected chi connectivity index (χ0v) is 9.61. The van der Waals surface area contributed by atoms with Gasteiger partial charge in [-0.05, 0) is 16.8 Å². The summed E-state index contributed by atoms with van der Waals surface area (Å²) < 4.78 is 6.92. The van der Waals surface area contributed by atoms with Crippen molar-refractivity contribution in [2.24, 2.45) is 0 Å². The van der Waals surface area contributed by atoms with Gasteiger partial charge in [-0.3, -0.25) is 0 Å². The van der Waals surface area contributed by atoms with Gasteiger partial charge in [0.1, 0.15) is 0 Å². The van der Waals surface area contributed by atoms with Crippen molar-refractivity contribution in [1.29, 1.82) is 0 Å². The number of rotatable bonds is 8. The van der Waals surface area contributed by atoms with Crippen LogP contribution in [0.4, 0.5) is 0 Å². The standard InChI is InChI=1S/C8H16N4O2S/c1-2-5-14-6-7-15-8-9-10-11-12(8)3-4-13/h13H,2-7H2,1H3. The van der Waals surface area contributed by atoms with Crippen LogP contribution in [-0.2, 0) is 11.3 Å². The second-order valence-electron chi connectivity index (χ2n) is 2.87. The summed E-state index contributed by atoms with van der Waals surface area (Å²) in [5, 5.41) is 20.6. The molecule has 0 saturated heterocycles. The molecule has 0 aliphatic carbocycles. The van der Waals surface area contributed by atoms with Crippen LogP contribution in [0.5, 0.6) is 0 Å². The van der Waals surface area contributed by atoms with Gasteiger partial charge in [-0.2, -0.15) is 0 Å². The number of ether oxygens (including phenoxy) is 1. The summed E-state index contributed by atoms with van der Waals surface area (Å²) in [6.45, 7) is 4.05. The largest absolute Gasteiger partial charge is 0.394 e. The summed E-state index contributed by atoms with van der Waals surface area (Å²) in [5.41, 5.74) is 0. The molecule has 1 N–H and O–H groups in total. The van der Waals surface area contributed by atoms with Crippen LogP contribution >= 0.6 is 11.8 Å². The Hall–Kier alpha value is -0.660. The van der Waals surface area contributed by atoms with Gasteiger partial charge in [-0.25, -0.2) is 4.68 Å². The number of thioether (sulfide) groups is 1. The first-order valence-corrected chi connectivity index (χ1v) is 5.94. The number of aliphatic hydroxyl groups is 1. The number of aliphatic hydroxyl groups excluding tert-OH is 1. The average Bonchev–Trinajstić information content (AvgIpc) is 2.66. The van der Waals surface area contributed by atoms with E-state index < -0.39 is 0 Å². The van der Waals surface area contributed by atoms with E-state index in [0.29, 0.717) is 13.2 Å². The number of tetrazole rings is 1. The van der Waals surface area contributed by atoms with Gasteiger partial charge in [-0.15, -0.1) is 5.10 Å². The molecule has 0 spiro atoms. The predicted octanol–water partition coefficient (Wildman–Crippen LogP) is 0.184. The highest BCUT2D eigenvalue weighted by Crippen LogP contribution is 2.12. The van der Waals surface area contributed by atoms with E-state index in [-0.39, 0.29) is 6.61 Å². The van der Waals surface area contributed by atoms with Crippen molar-refractivity contribution in [3.63, 3.8) is 0 Å². The van der Waals surface area contributed by atoms with Gasteiger partial charge in [0, 0.05) is 12.4 Å². The summed E-state index contributed by atoms with van der Waals surface area (Å²) in [6, 6.07) is 0. The lowest BCUT2D eigenvalue weighted by Crippen LogP contribution is -2.06. The summed E-state index contributed by atoms with van der Waals surface area (Å²) in [5.74, 6) is 0.825. The quantitative estimate of drug-likeness (QED) is 0.509. The lowest BCUT2D eigenvalue weighted by Gasteiger charge is -2.02. The van der Waals surface area contributed by atoms with Gasteiger partial charge in [0.25, 0.3) is 0 Å². The van der Waals surface area contributed by atoms with E-state index in [2.05, 4.69) is 22.4 Å². The maximum atomic E-state index is 8.75. The van der Waals surface area contributed by atoms with E-state index in [9.17, 15) is 0 Å². The van der Waals surface area contributed by atoms with Crippen LogP contribution in [0, 0.1) is 0 Å². The fraction of sp³-hybridized carbons (Fsp3) is 0.875. The van der Waals surface area contributed by atoms with Crippen molar-refractivity contribution < 1.29 is 9.84 Å². The molecule has 0 unspecified atom stereocenters. The minimum Gasteiger partial charge on any atom is -0.394 e. The summed E-state index contributed by atoms with van der Waals surface area (Å²) in [6.07, 6.45) is 1.03. The third-order valence-corrected chi connectivity index (χ3v) is 2.54. The second-order valence-corrected chi connectivity index (χ2v) is 3.93. The molecule has 0 radical (unpaired) electrons. The molecule has 6 nitrogen and oxygen atoms in total. The third kappa shape index (κ3) is 4.59. The molecule has 0 amide bonds. The van der Waals surface area contributed by atoms with Crippen molar-refractivity contribution in [2.45, 2.75) is 25.0 Å². The molecule has 0 fully saturated rings. The van der Waals surface area contributed by atoms with Gasteiger partial charge < -0.3 is 9.84 Å². The summed E-state index contributed by atoms with van der Waals surface area (Å²) in [4.78, 5) is 0. The summed E-state index contributed by atoms with van der Waals surface area (Å²) >= 11 is 1.53. The fourth-order valence-electron chi connectivity index (χ4n) is 0.973. The Kier molecular flexibility index (Phi) is 6.29. The normalized spacial score (nSPS) is 10.8. The van der Waals surface area contributed by atoms with E-state index in [1.807, 2.05) is 0 Å². The lowest BCUT2D eigenvalue weighted by atomic mass is 10.5. The SMILES string of the molecule is CCCOCCSc1nnnn1CCO. The third-order valence-electron chi connectivity index (χ3n) is 1.62. The Bertz CT molecular complexity index is 269. The molecule has 1 aromatic heterocycles. The Labute approximate surface area is 93.0 Å². The molecule has 0 aliphatic heterocycles. The van der Waals surface area contributed by atoms with Crippen molar-refractivity contribution in [1.82, 2.24) is 20.2 Å². The molecule has 0 aromatic carbocycles. The Morgan fingerprint density at radius 1 is 1.47 bits per heavy atom.